The van der Waals surface area contributed by atoms with E-state index in [9.17, 15) is 28.5 Å². The van der Waals surface area contributed by atoms with Crippen LogP contribution in [-0.4, -0.2) is 66.5 Å². The van der Waals surface area contributed by atoms with Gasteiger partial charge in [-0.2, -0.15) is 0 Å². The van der Waals surface area contributed by atoms with E-state index in [1.807, 2.05) is 30.4 Å². The highest BCUT2D eigenvalue weighted by Crippen LogP contribution is 2.38. The fraction of sp³-hybridized carbons (Fsp3) is 0.654. The van der Waals surface area contributed by atoms with Gasteiger partial charge in [0.1, 0.15) is 0 Å². The van der Waals surface area contributed by atoms with Gasteiger partial charge >= 0.3 is 0 Å². The molecule has 0 aromatic heterocycles. The highest BCUT2D eigenvalue weighted by Gasteiger charge is 2.40. The van der Waals surface area contributed by atoms with Gasteiger partial charge in [-0.1, -0.05) is 42.5 Å². The molecule has 1 aliphatic carbocycles. The molecule has 198 valence electrons. The lowest BCUT2D eigenvalue weighted by molar-refractivity contribution is -0.121. The number of hydrogen-bond donors (Lipinski definition) is 4. The Morgan fingerprint density at radius 3 is 2.57 bits per heavy atom. The smallest absolute Gasteiger partial charge is 0.220 e. The van der Waals surface area contributed by atoms with Crippen LogP contribution in [0.2, 0.25) is 0 Å². The van der Waals surface area contributed by atoms with E-state index in [-0.39, 0.29) is 17.7 Å². The van der Waals surface area contributed by atoms with E-state index in [1.165, 1.54) is 5.56 Å². The Labute approximate surface area is 213 Å². The van der Waals surface area contributed by atoms with E-state index in [1.54, 1.807) is 0 Å². The normalized spacial score (nSPS) is 23.5. The number of amides is 1. The van der Waals surface area contributed by atoms with Crippen LogP contribution >= 0.6 is 10.8 Å². The second-order valence-electron chi connectivity index (χ2n) is 9.43. The minimum atomic E-state index is -3.08. The Balaban J connectivity index is 1.64. The molecule has 2 rings (SSSR count). The molecule has 0 unspecified atom stereocenters. The van der Waals surface area contributed by atoms with Crippen LogP contribution in [0.3, 0.4) is 0 Å². The van der Waals surface area contributed by atoms with Gasteiger partial charge in [-0.3, -0.25) is 4.79 Å². The molecule has 1 aromatic rings. The van der Waals surface area contributed by atoms with Gasteiger partial charge in [0.25, 0.3) is 0 Å². The summed E-state index contributed by atoms with van der Waals surface area (Å²) >= 11 is 0. The van der Waals surface area contributed by atoms with E-state index in [0.717, 1.165) is 29.9 Å². The largest absolute Gasteiger partial charge is 0.393 e. The number of benzene rings is 1. The Morgan fingerprint density at radius 1 is 1.14 bits per heavy atom. The van der Waals surface area contributed by atoms with Gasteiger partial charge in [-0.05, 0) is 79.6 Å². The molecule has 9 heteroatoms. The predicted octanol–water partition coefficient (Wildman–Crippen LogP) is 3.04. The summed E-state index contributed by atoms with van der Waals surface area (Å²) < 4.78 is 22.1. The second-order valence-corrected chi connectivity index (χ2v) is 14.0. The van der Waals surface area contributed by atoms with Crippen molar-refractivity contribution in [1.29, 1.82) is 0 Å². The van der Waals surface area contributed by atoms with E-state index >= 15 is 0 Å². The summed E-state index contributed by atoms with van der Waals surface area (Å²) in [7, 11) is -2.26. The predicted molar refractivity (Wildman–Crippen MR) is 142 cm³/mol. The second kappa shape index (κ2) is 15.7. The molecule has 0 saturated heterocycles. The third-order valence-electron chi connectivity index (χ3n) is 6.53. The molecule has 35 heavy (non-hydrogen) atoms. The maximum absolute atomic E-state index is 11.8. The van der Waals surface area contributed by atoms with E-state index in [4.69, 9.17) is 0 Å². The van der Waals surface area contributed by atoms with Crippen LogP contribution < -0.4 is 5.32 Å². The van der Waals surface area contributed by atoms with Gasteiger partial charge in [0.2, 0.25) is 5.91 Å². The molecule has 1 amide bonds. The monoisotopic (exact) mass is 527 g/mol. The topological polar surface area (TPSA) is 124 Å². The van der Waals surface area contributed by atoms with Crippen LogP contribution in [-0.2, 0) is 20.1 Å². The van der Waals surface area contributed by atoms with Gasteiger partial charge in [0, 0.05) is 25.0 Å². The molecule has 0 spiro atoms. The summed E-state index contributed by atoms with van der Waals surface area (Å²) in [6.07, 6.45) is 9.31. The highest BCUT2D eigenvalue weighted by molar-refractivity contribution is 8.71. The summed E-state index contributed by atoms with van der Waals surface area (Å²) in [6, 6.07) is 10.1. The fourth-order valence-electron chi connectivity index (χ4n) is 4.64. The molecule has 5 atom stereocenters. The standard InChI is InChI=1S/C26H41NO6S2/c1-35(32,33)34-18-17-27-26(31)12-8-3-2-7-11-22-23(25(30)19-24(22)29)16-15-21(28)14-13-20-9-5-4-6-10-20/h2,4-7,9-10,21-25,28-30H,3,8,11-19H2,1H3,(H,27,31)/b7-2-/t21-,22+,23+,24-,25+/m0/s1. The van der Waals surface area contributed by atoms with Gasteiger partial charge in [0.15, 0.2) is 8.87 Å². The maximum atomic E-state index is 11.8. The van der Waals surface area contributed by atoms with Crippen LogP contribution in [0.5, 0.6) is 0 Å². The minimum Gasteiger partial charge on any atom is -0.393 e. The van der Waals surface area contributed by atoms with Crippen molar-refractivity contribution in [3.63, 3.8) is 0 Å². The molecule has 1 fully saturated rings. The molecule has 7 nitrogen and oxygen atoms in total. The van der Waals surface area contributed by atoms with Gasteiger partial charge in [-0.15, -0.1) is 0 Å². The first kappa shape index (κ1) is 29.8. The van der Waals surface area contributed by atoms with E-state index in [0.29, 0.717) is 57.2 Å². The Kier molecular flexibility index (Phi) is 13.4. The number of nitrogens with one attached hydrogen (secondary N) is 1. The quantitative estimate of drug-likeness (QED) is 0.148. The Bertz CT molecular complexity index is 877. The first-order chi connectivity index (χ1) is 16.7. The summed E-state index contributed by atoms with van der Waals surface area (Å²) in [4.78, 5) is 11.8. The molecule has 1 aliphatic rings. The molecule has 4 N–H and O–H groups in total. The average Bonchev–Trinajstić information content (AvgIpc) is 3.08. The summed E-state index contributed by atoms with van der Waals surface area (Å²) in [5, 5.41) is 34.0. The Hall–Kier alpha value is -1.39. The number of allylic oxidation sites excluding steroid dienone is 2. The zero-order chi connectivity index (χ0) is 25.7. The number of hydrogen-bond acceptors (Lipinski definition) is 7. The molecular weight excluding hydrogens is 486 g/mol. The highest BCUT2D eigenvalue weighted by atomic mass is 33.1. The molecule has 0 aliphatic heterocycles. The van der Waals surface area contributed by atoms with Gasteiger partial charge in [0.05, 0.1) is 18.3 Å². The zero-order valence-electron chi connectivity index (χ0n) is 20.6. The number of carbonyl (C=O) groups is 1. The summed E-state index contributed by atoms with van der Waals surface area (Å²) in [5.41, 5.74) is 1.20. The van der Waals surface area contributed by atoms with Gasteiger partial charge < -0.3 is 20.6 Å². The van der Waals surface area contributed by atoms with Crippen LogP contribution in [0.4, 0.5) is 0 Å². The Morgan fingerprint density at radius 2 is 1.86 bits per heavy atom. The van der Waals surface area contributed by atoms with Gasteiger partial charge in [-0.25, -0.2) is 8.42 Å². The SMILES string of the molecule is CS(=O)(=O)SCCNC(=O)CCC/C=C\C[C@@H]1[C@@H](CC[C@@H](O)CCc2ccccc2)[C@H](O)C[C@@H]1O. The minimum absolute atomic E-state index is 0.0294. The number of aryl methyl sites for hydroxylation is 1. The third kappa shape index (κ3) is 12.4. The first-order valence-corrected chi connectivity index (χ1v) is 15.9. The number of carbonyl (C=O) groups excluding carboxylic acids is 1. The lowest BCUT2D eigenvalue weighted by atomic mass is 9.85. The van der Waals surface area contributed by atoms with Crippen LogP contribution in [0, 0.1) is 11.8 Å². The lowest BCUT2D eigenvalue weighted by Crippen LogP contribution is -2.25. The number of aliphatic hydroxyl groups is 3. The van der Waals surface area contributed by atoms with Crippen molar-refractivity contribution in [2.45, 2.75) is 76.1 Å². The van der Waals surface area contributed by atoms with Crippen molar-refractivity contribution in [2.24, 2.45) is 11.8 Å². The molecule has 0 heterocycles. The lowest BCUT2D eigenvalue weighted by Gasteiger charge is -2.23. The summed E-state index contributed by atoms with van der Waals surface area (Å²) in [6.45, 7) is 0.330. The van der Waals surface area contributed by atoms with Crippen LogP contribution in [0.1, 0.15) is 56.9 Å². The van der Waals surface area contributed by atoms with Crippen molar-refractivity contribution in [3.05, 3.63) is 48.0 Å². The van der Waals surface area contributed by atoms with Crippen LogP contribution in [0.15, 0.2) is 42.5 Å². The molecule has 1 aromatic carbocycles. The number of aliphatic hydroxyl groups excluding tert-OH is 3. The van der Waals surface area contributed by atoms with Crippen LogP contribution in [0.25, 0.3) is 0 Å². The molecule has 0 bridgehead atoms. The average molecular weight is 528 g/mol. The molecule has 0 radical (unpaired) electrons. The molecular formula is C26H41NO6S2. The van der Waals surface area contributed by atoms with Crippen molar-refractivity contribution in [1.82, 2.24) is 5.32 Å². The number of unbranched alkanes of at least 4 members (excludes halogenated alkanes) is 1. The van der Waals surface area contributed by atoms with Crippen molar-refractivity contribution < 1.29 is 28.5 Å². The molecule has 1 saturated carbocycles. The van der Waals surface area contributed by atoms with E-state index in [2.05, 4.69) is 17.4 Å². The van der Waals surface area contributed by atoms with Crippen molar-refractivity contribution >= 4 is 25.6 Å². The first-order valence-electron chi connectivity index (χ1n) is 12.5. The third-order valence-corrected chi connectivity index (χ3v) is 9.12. The maximum Gasteiger partial charge on any atom is 0.220 e. The van der Waals surface area contributed by atoms with Crippen molar-refractivity contribution in [3.8, 4) is 0 Å². The zero-order valence-corrected chi connectivity index (χ0v) is 22.2. The summed E-state index contributed by atoms with van der Waals surface area (Å²) in [5.74, 6) is 0.188. The van der Waals surface area contributed by atoms with Crippen molar-refractivity contribution in [2.75, 3.05) is 18.6 Å². The van der Waals surface area contributed by atoms with E-state index < -0.39 is 27.2 Å². The number of rotatable bonds is 16. The fourth-order valence-corrected chi connectivity index (χ4v) is 6.28.